The van der Waals surface area contributed by atoms with Crippen molar-refractivity contribution < 1.29 is 24.2 Å². The second-order valence-corrected chi connectivity index (χ2v) is 6.73. The van der Waals surface area contributed by atoms with Crippen LogP contribution in [-0.2, 0) is 9.53 Å². The van der Waals surface area contributed by atoms with Gasteiger partial charge in [-0.05, 0) is 35.9 Å². The van der Waals surface area contributed by atoms with Gasteiger partial charge in [-0.15, -0.1) is 0 Å². The van der Waals surface area contributed by atoms with Crippen molar-refractivity contribution in [3.63, 3.8) is 0 Å². The van der Waals surface area contributed by atoms with Crippen LogP contribution in [0, 0.1) is 0 Å². The number of rotatable bonds is 6. The molecule has 0 radical (unpaired) electrons. The zero-order valence-corrected chi connectivity index (χ0v) is 16.2. The number of esters is 1. The number of aromatic amines is 1. The molecule has 0 fully saturated rings. The van der Waals surface area contributed by atoms with Gasteiger partial charge in [-0.1, -0.05) is 42.5 Å². The summed E-state index contributed by atoms with van der Waals surface area (Å²) in [6.45, 7) is -0.109. The lowest BCUT2D eigenvalue weighted by Gasteiger charge is -2.08. The number of ether oxygens (including phenoxy) is 2. The van der Waals surface area contributed by atoms with E-state index in [0.29, 0.717) is 16.9 Å². The fourth-order valence-corrected chi connectivity index (χ4v) is 3.32. The molecule has 3 aromatic carbocycles. The van der Waals surface area contributed by atoms with E-state index in [0.717, 1.165) is 21.8 Å². The molecule has 1 heterocycles. The molecule has 6 nitrogen and oxygen atoms in total. The summed E-state index contributed by atoms with van der Waals surface area (Å²) in [4.78, 5) is 26.6. The number of carbonyl (C=O) groups excluding carboxylic acids is 1. The Labute approximate surface area is 172 Å². The van der Waals surface area contributed by atoms with Crippen LogP contribution in [0.2, 0.25) is 0 Å². The van der Waals surface area contributed by atoms with Crippen LogP contribution >= 0.6 is 0 Å². The molecule has 0 spiro atoms. The zero-order chi connectivity index (χ0) is 21.1. The summed E-state index contributed by atoms with van der Waals surface area (Å²) in [5.74, 6) is -0.938. The third-order valence-corrected chi connectivity index (χ3v) is 4.83. The number of para-hydroxylation sites is 2. The first-order valence-electron chi connectivity index (χ1n) is 9.31. The minimum absolute atomic E-state index is 0.0916. The van der Waals surface area contributed by atoms with E-state index in [1.54, 1.807) is 24.3 Å². The molecule has 0 amide bonds. The smallest absolute Gasteiger partial charge is 0.337 e. The fraction of sp³-hybridized carbons (Fsp3) is 0.0833. The third-order valence-electron chi connectivity index (χ3n) is 4.83. The minimum atomic E-state index is -1.07. The molecule has 150 valence electrons. The lowest BCUT2D eigenvalue weighted by Crippen LogP contribution is -2.10. The largest absolute Gasteiger partial charge is 0.486 e. The van der Waals surface area contributed by atoms with Crippen LogP contribution in [-0.4, -0.2) is 35.7 Å². The van der Waals surface area contributed by atoms with Crippen LogP contribution in [0.4, 0.5) is 0 Å². The summed E-state index contributed by atoms with van der Waals surface area (Å²) in [6.07, 6.45) is 1.52. The van der Waals surface area contributed by atoms with Crippen molar-refractivity contribution in [3.8, 4) is 5.75 Å². The Bertz CT molecular complexity index is 1270. The molecular formula is C24H19NO5. The topological polar surface area (TPSA) is 88.6 Å². The second-order valence-electron chi connectivity index (χ2n) is 6.73. The number of carboxylic acids is 1. The molecule has 4 aromatic rings. The maximum absolute atomic E-state index is 11.7. The van der Waals surface area contributed by atoms with E-state index in [1.165, 1.54) is 13.2 Å². The first kappa shape index (κ1) is 19.3. The summed E-state index contributed by atoms with van der Waals surface area (Å²) in [5, 5.41) is 11.7. The molecule has 1 aromatic heterocycles. The normalized spacial score (nSPS) is 11.6. The summed E-state index contributed by atoms with van der Waals surface area (Å²) in [6, 6.07) is 20.1. The van der Waals surface area contributed by atoms with Gasteiger partial charge in [-0.3, -0.25) is 0 Å². The molecular weight excluding hydrogens is 382 g/mol. The fourth-order valence-electron chi connectivity index (χ4n) is 3.32. The van der Waals surface area contributed by atoms with E-state index >= 15 is 0 Å². The van der Waals surface area contributed by atoms with Gasteiger partial charge in [-0.25, -0.2) is 9.59 Å². The SMILES string of the molecule is COC(=O)c1ccc(C=C(COc2cccc3c2[nH]c2ccccc23)C(=O)O)cc1. The molecule has 0 bridgehead atoms. The number of hydrogen-bond donors (Lipinski definition) is 2. The maximum Gasteiger partial charge on any atom is 0.337 e. The number of fused-ring (bicyclic) bond motifs is 3. The highest BCUT2D eigenvalue weighted by atomic mass is 16.5. The minimum Gasteiger partial charge on any atom is -0.486 e. The predicted molar refractivity (Wildman–Crippen MR) is 115 cm³/mol. The van der Waals surface area contributed by atoms with Crippen molar-refractivity contribution in [2.75, 3.05) is 13.7 Å². The number of carboxylic acid groups (broad SMARTS) is 1. The van der Waals surface area contributed by atoms with Gasteiger partial charge in [0.1, 0.15) is 12.4 Å². The monoisotopic (exact) mass is 401 g/mol. The van der Waals surface area contributed by atoms with Crippen LogP contribution in [0.3, 0.4) is 0 Å². The van der Waals surface area contributed by atoms with Crippen molar-refractivity contribution in [1.29, 1.82) is 0 Å². The van der Waals surface area contributed by atoms with Gasteiger partial charge in [0.25, 0.3) is 0 Å². The summed E-state index contributed by atoms with van der Waals surface area (Å²) >= 11 is 0. The molecule has 6 heteroatoms. The van der Waals surface area contributed by atoms with Crippen LogP contribution in [0.1, 0.15) is 15.9 Å². The Kier molecular flexibility index (Phi) is 5.22. The van der Waals surface area contributed by atoms with Crippen molar-refractivity contribution in [3.05, 3.63) is 83.4 Å². The molecule has 0 aliphatic rings. The molecule has 2 N–H and O–H groups in total. The van der Waals surface area contributed by atoms with E-state index in [1.807, 2.05) is 42.5 Å². The van der Waals surface area contributed by atoms with E-state index < -0.39 is 11.9 Å². The maximum atomic E-state index is 11.7. The number of methoxy groups -OCH3 is 1. The molecule has 0 saturated heterocycles. The predicted octanol–water partition coefficient (Wildman–Crippen LogP) is 4.65. The van der Waals surface area contributed by atoms with Gasteiger partial charge in [0.05, 0.1) is 23.8 Å². The van der Waals surface area contributed by atoms with Gasteiger partial charge in [-0.2, -0.15) is 0 Å². The quantitative estimate of drug-likeness (QED) is 0.363. The van der Waals surface area contributed by atoms with Crippen molar-refractivity contribution in [2.24, 2.45) is 0 Å². The third kappa shape index (κ3) is 3.75. The van der Waals surface area contributed by atoms with Crippen LogP contribution in [0.15, 0.2) is 72.3 Å². The molecule has 0 atom stereocenters. The van der Waals surface area contributed by atoms with E-state index in [9.17, 15) is 14.7 Å². The molecule has 4 rings (SSSR count). The van der Waals surface area contributed by atoms with Gasteiger partial charge < -0.3 is 19.6 Å². The second kappa shape index (κ2) is 8.13. The number of aromatic nitrogens is 1. The van der Waals surface area contributed by atoms with Crippen molar-refractivity contribution in [2.45, 2.75) is 0 Å². The molecule has 0 aliphatic heterocycles. The van der Waals surface area contributed by atoms with E-state index in [4.69, 9.17) is 4.74 Å². The number of H-pyrrole nitrogens is 1. The summed E-state index contributed by atoms with van der Waals surface area (Å²) < 4.78 is 10.5. The van der Waals surface area contributed by atoms with Crippen molar-refractivity contribution >= 4 is 39.8 Å². The number of aliphatic carboxylic acids is 1. The lowest BCUT2D eigenvalue weighted by molar-refractivity contribution is -0.132. The Morgan fingerprint density at radius 1 is 0.967 bits per heavy atom. The molecule has 0 aliphatic carbocycles. The van der Waals surface area contributed by atoms with Gasteiger partial charge in [0.2, 0.25) is 0 Å². The van der Waals surface area contributed by atoms with Gasteiger partial charge in [0, 0.05) is 16.3 Å². The Balaban J connectivity index is 1.59. The van der Waals surface area contributed by atoms with Gasteiger partial charge >= 0.3 is 11.9 Å². The Morgan fingerprint density at radius 2 is 1.70 bits per heavy atom. The highest BCUT2D eigenvalue weighted by molar-refractivity contribution is 6.09. The molecule has 30 heavy (non-hydrogen) atoms. The highest BCUT2D eigenvalue weighted by Crippen LogP contribution is 2.31. The first-order valence-corrected chi connectivity index (χ1v) is 9.31. The average molecular weight is 401 g/mol. The molecule has 0 unspecified atom stereocenters. The molecule has 0 saturated carbocycles. The van der Waals surface area contributed by atoms with Crippen LogP contribution < -0.4 is 4.74 Å². The van der Waals surface area contributed by atoms with Gasteiger partial charge in [0.15, 0.2) is 0 Å². The lowest BCUT2D eigenvalue weighted by atomic mass is 10.1. The van der Waals surface area contributed by atoms with Crippen molar-refractivity contribution in [1.82, 2.24) is 4.98 Å². The first-order chi connectivity index (χ1) is 14.6. The standard InChI is InChI=1S/C24H19NO5/c1-29-24(28)16-11-9-15(10-12-16)13-17(23(26)27)14-30-21-8-4-6-19-18-5-2-3-7-20(18)25-22(19)21/h2-13,25H,14H2,1H3,(H,26,27). The highest BCUT2D eigenvalue weighted by Gasteiger charge is 2.13. The number of hydrogen-bond acceptors (Lipinski definition) is 4. The Morgan fingerprint density at radius 3 is 2.43 bits per heavy atom. The number of carbonyl (C=O) groups is 2. The summed E-state index contributed by atoms with van der Waals surface area (Å²) in [5.41, 5.74) is 2.95. The number of benzene rings is 3. The summed E-state index contributed by atoms with van der Waals surface area (Å²) in [7, 11) is 1.31. The van der Waals surface area contributed by atoms with E-state index in [-0.39, 0.29) is 12.2 Å². The van der Waals surface area contributed by atoms with Crippen LogP contribution in [0.5, 0.6) is 5.75 Å². The average Bonchev–Trinajstić information content (AvgIpc) is 3.15. The van der Waals surface area contributed by atoms with E-state index in [2.05, 4.69) is 9.72 Å². The number of nitrogens with one attached hydrogen (secondary N) is 1. The van der Waals surface area contributed by atoms with Crippen LogP contribution in [0.25, 0.3) is 27.9 Å². The Hall–Kier alpha value is -4.06. The zero-order valence-electron chi connectivity index (χ0n) is 16.2.